The monoisotopic (exact) mass is 263 g/mol. The zero-order chi connectivity index (χ0) is 13.0. The van der Waals surface area contributed by atoms with E-state index < -0.39 is 0 Å². The van der Waals surface area contributed by atoms with Gasteiger partial charge in [-0.15, -0.1) is 11.3 Å². The van der Waals surface area contributed by atoms with Crippen LogP contribution in [0.5, 0.6) is 0 Å². The van der Waals surface area contributed by atoms with Crippen LogP contribution in [0, 0.1) is 6.92 Å². The number of thiazole rings is 1. The largest absolute Gasteiger partial charge is 0.346 e. The maximum Gasteiger partial charge on any atom is 0.253 e. The van der Waals surface area contributed by atoms with Gasteiger partial charge < -0.3 is 10.7 Å². The van der Waals surface area contributed by atoms with Crippen LogP contribution < -0.4 is 16.6 Å². The first-order chi connectivity index (χ1) is 8.70. The van der Waals surface area contributed by atoms with Crippen LogP contribution >= 0.6 is 11.3 Å². The van der Waals surface area contributed by atoms with Crippen molar-refractivity contribution in [2.75, 3.05) is 5.43 Å². The molecule has 2 heterocycles. The molecule has 94 valence electrons. The van der Waals surface area contributed by atoms with Crippen molar-refractivity contribution in [3.8, 4) is 0 Å². The summed E-state index contributed by atoms with van der Waals surface area (Å²) in [6, 6.07) is 1.61. The van der Waals surface area contributed by atoms with Gasteiger partial charge in [-0.1, -0.05) is 0 Å². The van der Waals surface area contributed by atoms with Crippen LogP contribution in [0.4, 0.5) is 5.69 Å². The number of nitrogens with two attached hydrogens (primary N) is 1. The zero-order valence-corrected chi connectivity index (χ0v) is 10.6. The number of aryl methyl sites for hydroxylation is 1. The Bertz CT molecular complexity index is 554. The summed E-state index contributed by atoms with van der Waals surface area (Å²) in [6.07, 6.45) is 3.05. The third-order valence-corrected chi connectivity index (χ3v) is 3.14. The van der Waals surface area contributed by atoms with Crippen LogP contribution in [0.1, 0.15) is 21.1 Å². The molecule has 0 aliphatic rings. The molecule has 1 amide bonds. The van der Waals surface area contributed by atoms with E-state index in [1.807, 2.05) is 12.3 Å². The van der Waals surface area contributed by atoms with Crippen molar-refractivity contribution in [1.29, 1.82) is 0 Å². The van der Waals surface area contributed by atoms with Gasteiger partial charge in [0, 0.05) is 11.6 Å². The van der Waals surface area contributed by atoms with E-state index >= 15 is 0 Å². The molecule has 0 aliphatic carbocycles. The van der Waals surface area contributed by atoms with Crippen molar-refractivity contribution in [2.24, 2.45) is 5.84 Å². The molecule has 18 heavy (non-hydrogen) atoms. The SMILES string of the molecule is Cc1nc(CNC(=O)c2ccncc2NN)cs1. The molecule has 7 heteroatoms. The van der Waals surface area contributed by atoms with E-state index in [0.717, 1.165) is 10.7 Å². The highest BCUT2D eigenvalue weighted by Gasteiger charge is 2.10. The molecule has 2 aromatic rings. The quantitative estimate of drug-likeness (QED) is 0.566. The van der Waals surface area contributed by atoms with Gasteiger partial charge in [0.25, 0.3) is 5.91 Å². The third-order valence-electron chi connectivity index (χ3n) is 2.32. The number of amides is 1. The number of hydrazine groups is 1. The molecule has 0 fully saturated rings. The summed E-state index contributed by atoms with van der Waals surface area (Å²) in [6.45, 7) is 2.32. The van der Waals surface area contributed by atoms with E-state index in [4.69, 9.17) is 5.84 Å². The van der Waals surface area contributed by atoms with E-state index in [1.54, 1.807) is 23.6 Å². The van der Waals surface area contributed by atoms with Crippen molar-refractivity contribution < 1.29 is 4.79 Å². The highest BCUT2D eigenvalue weighted by atomic mass is 32.1. The van der Waals surface area contributed by atoms with Gasteiger partial charge in [0.1, 0.15) is 0 Å². The Morgan fingerprint density at radius 1 is 1.56 bits per heavy atom. The molecule has 2 rings (SSSR count). The zero-order valence-electron chi connectivity index (χ0n) is 9.80. The molecule has 0 aliphatic heterocycles. The number of hydrogen-bond donors (Lipinski definition) is 3. The molecular weight excluding hydrogens is 250 g/mol. The molecule has 0 atom stereocenters. The highest BCUT2D eigenvalue weighted by Crippen LogP contribution is 2.12. The number of nitrogens with one attached hydrogen (secondary N) is 2. The molecular formula is C11H13N5OS. The third kappa shape index (κ3) is 2.82. The smallest absolute Gasteiger partial charge is 0.253 e. The van der Waals surface area contributed by atoms with Gasteiger partial charge in [0.05, 0.1) is 34.7 Å². The summed E-state index contributed by atoms with van der Waals surface area (Å²) in [4.78, 5) is 20.1. The van der Waals surface area contributed by atoms with Gasteiger partial charge in [0.2, 0.25) is 0 Å². The summed E-state index contributed by atoms with van der Waals surface area (Å²) in [5.41, 5.74) is 4.24. The Morgan fingerprint density at radius 2 is 2.39 bits per heavy atom. The molecule has 4 N–H and O–H groups in total. The maximum absolute atomic E-state index is 11.9. The number of nitrogen functional groups attached to an aromatic ring is 1. The number of hydrogen-bond acceptors (Lipinski definition) is 6. The Labute approximate surface area is 108 Å². The van der Waals surface area contributed by atoms with Gasteiger partial charge in [-0.3, -0.25) is 15.6 Å². The summed E-state index contributed by atoms with van der Waals surface area (Å²) in [5, 5.41) is 5.69. The fourth-order valence-corrected chi connectivity index (χ4v) is 2.08. The molecule has 0 unspecified atom stereocenters. The number of aromatic nitrogens is 2. The van der Waals surface area contributed by atoms with Gasteiger partial charge in [-0.2, -0.15) is 0 Å². The molecule has 0 saturated carbocycles. The second-order valence-corrected chi connectivity index (χ2v) is 4.67. The number of rotatable bonds is 4. The molecule has 0 bridgehead atoms. The lowest BCUT2D eigenvalue weighted by molar-refractivity contribution is 0.0951. The number of pyridine rings is 1. The topological polar surface area (TPSA) is 92.9 Å². The molecule has 2 aromatic heterocycles. The molecule has 0 saturated heterocycles. The lowest BCUT2D eigenvalue weighted by Crippen LogP contribution is -2.25. The van der Waals surface area contributed by atoms with Crippen molar-refractivity contribution in [3.63, 3.8) is 0 Å². The molecule has 0 radical (unpaired) electrons. The molecule has 0 aromatic carbocycles. The van der Waals surface area contributed by atoms with Crippen LogP contribution in [0.3, 0.4) is 0 Å². The van der Waals surface area contributed by atoms with Gasteiger partial charge >= 0.3 is 0 Å². The van der Waals surface area contributed by atoms with Gasteiger partial charge in [0.15, 0.2) is 0 Å². The normalized spacial score (nSPS) is 10.1. The fourth-order valence-electron chi connectivity index (χ4n) is 1.46. The van der Waals surface area contributed by atoms with Crippen LogP contribution in [0.25, 0.3) is 0 Å². The first kappa shape index (κ1) is 12.5. The first-order valence-corrected chi connectivity index (χ1v) is 6.18. The Hall–Kier alpha value is -1.99. The average molecular weight is 263 g/mol. The predicted molar refractivity (Wildman–Crippen MR) is 70.1 cm³/mol. The van der Waals surface area contributed by atoms with E-state index in [0.29, 0.717) is 17.8 Å². The number of carbonyl (C=O) groups excluding carboxylic acids is 1. The van der Waals surface area contributed by atoms with E-state index in [1.165, 1.54) is 6.20 Å². The minimum atomic E-state index is -0.212. The molecule has 0 spiro atoms. The van der Waals surface area contributed by atoms with E-state index in [-0.39, 0.29) is 5.91 Å². The van der Waals surface area contributed by atoms with Crippen molar-refractivity contribution >= 4 is 22.9 Å². The Kier molecular flexibility index (Phi) is 3.85. The number of nitrogens with zero attached hydrogens (tertiary/aromatic N) is 2. The highest BCUT2D eigenvalue weighted by molar-refractivity contribution is 7.09. The minimum absolute atomic E-state index is 0.212. The maximum atomic E-state index is 11.9. The van der Waals surface area contributed by atoms with Crippen LogP contribution in [-0.4, -0.2) is 15.9 Å². The van der Waals surface area contributed by atoms with Crippen molar-refractivity contribution in [2.45, 2.75) is 13.5 Å². The van der Waals surface area contributed by atoms with E-state index in [2.05, 4.69) is 20.7 Å². The molecule has 6 nitrogen and oxygen atoms in total. The summed E-state index contributed by atoms with van der Waals surface area (Å²) >= 11 is 1.55. The summed E-state index contributed by atoms with van der Waals surface area (Å²) < 4.78 is 0. The van der Waals surface area contributed by atoms with Crippen molar-refractivity contribution in [3.05, 3.63) is 40.1 Å². The van der Waals surface area contributed by atoms with Crippen molar-refractivity contribution in [1.82, 2.24) is 15.3 Å². The lowest BCUT2D eigenvalue weighted by atomic mass is 10.2. The first-order valence-electron chi connectivity index (χ1n) is 5.30. The average Bonchev–Trinajstić information content (AvgIpc) is 2.81. The number of anilines is 1. The fraction of sp³-hybridized carbons (Fsp3) is 0.182. The Morgan fingerprint density at radius 3 is 3.06 bits per heavy atom. The lowest BCUT2D eigenvalue weighted by Gasteiger charge is -2.07. The van der Waals surface area contributed by atoms with E-state index in [9.17, 15) is 4.79 Å². The van der Waals surface area contributed by atoms with Crippen LogP contribution in [0.15, 0.2) is 23.8 Å². The number of carbonyl (C=O) groups is 1. The standard InChI is InChI=1S/C11H13N5OS/c1-7-15-8(6-18-7)4-14-11(17)9-2-3-13-5-10(9)16-12/h2-3,5-6,16H,4,12H2,1H3,(H,14,17). The summed E-state index contributed by atoms with van der Waals surface area (Å²) in [5.74, 6) is 5.11. The van der Waals surface area contributed by atoms with Crippen LogP contribution in [0.2, 0.25) is 0 Å². The minimum Gasteiger partial charge on any atom is -0.346 e. The summed E-state index contributed by atoms with van der Waals surface area (Å²) in [7, 11) is 0. The van der Waals surface area contributed by atoms with Gasteiger partial charge in [-0.25, -0.2) is 4.98 Å². The van der Waals surface area contributed by atoms with Gasteiger partial charge in [-0.05, 0) is 13.0 Å². The van der Waals surface area contributed by atoms with Crippen LogP contribution in [-0.2, 0) is 6.54 Å². The second kappa shape index (κ2) is 5.56. The Balaban J connectivity index is 2.03. The predicted octanol–water partition coefficient (Wildman–Crippen LogP) is 1.06. The second-order valence-electron chi connectivity index (χ2n) is 3.61.